The summed E-state index contributed by atoms with van der Waals surface area (Å²) < 4.78 is 12.2. The van der Waals surface area contributed by atoms with Crippen LogP contribution in [0.15, 0.2) is 12.2 Å². The van der Waals surface area contributed by atoms with E-state index in [1.807, 2.05) is 34.6 Å². The second kappa shape index (κ2) is 11.1. The summed E-state index contributed by atoms with van der Waals surface area (Å²) in [6.45, 7) is 28.6. The molecule has 0 aliphatic heterocycles. The van der Waals surface area contributed by atoms with Crippen LogP contribution in [0.25, 0.3) is 0 Å². The molecular weight excluding hydrogens is 600 g/mol. The molecule has 270 valence electrons. The van der Waals surface area contributed by atoms with Crippen LogP contribution in [0.2, 0.25) is 0 Å². The van der Waals surface area contributed by atoms with E-state index in [0.717, 1.165) is 64.2 Å². The highest BCUT2D eigenvalue weighted by Crippen LogP contribution is 2.77. The number of rotatable bonds is 5. The Hall–Kier alpha value is -1.85. The SMILES string of the molecule is C=C(C)[C@@H]1CC[C@]2(C(=O)O)CC[C@]3(C)[C@H](CC[C@@H]4[C@@]5(C)CC[C@@H](OC(=O)[C@H]6C[C@H](C(=O)OC(C)(C)C)C6(C)C)C(C)(C)[C@@H]5CC[C@]43C)[C@@H]12. The molecule has 6 aliphatic rings. The van der Waals surface area contributed by atoms with E-state index in [1.165, 1.54) is 5.57 Å². The van der Waals surface area contributed by atoms with E-state index in [0.29, 0.717) is 30.1 Å². The van der Waals surface area contributed by atoms with Gasteiger partial charge in [-0.3, -0.25) is 14.4 Å². The van der Waals surface area contributed by atoms with Crippen LogP contribution in [-0.4, -0.2) is 34.7 Å². The molecule has 12 atom stereocenters. The third kappa shape index (κ3) is 4.85. The van der Waals surface area contributed by atoms with Gasteiger partial charge in [-0.1, -0.05) is 60.6 Å². The largest absolute Gasteiger partial charge is 0.481 e. The molecule has 1 N–H and O–H groups in total. The number of carboxylic acid groups (broad SMARTS) is 1. The van der Waals surface area contributed by atoms with Crippen molar-refractivity contribution in [2.45, 2.75) is 158 Å². The van der Waals surface area contributed by atoms with Crippen LogP contribution >= 0.6 is 0 Å². The molecule has 0 amide bonds. The van der Waals surface area contributed by atoms with Gasteiger partial charge in [0, 0.05) is 5.41 Å². The predicted octanol–water partition coefficient (Wildman–Crippen LogP) is 9.64. The summed E-state index contributed by atoms with van der Waals surface area (Å²) >= 11 is 0. The zero-order valence-electron chi connectivity index (χ0n) is 32.1. The first-order valence-electron chi connectivity index (χ1n) is 19.3. The zero-order chi connectivity index (χ0) is 35.6. The Labute approximate surface area is 290 Å². The van der Waals surface area contributed by atoms with Gasteiger partial charge in [0.05, 0.1) is 17.3 Å². The maximum atomic E-state index is 13.8. The monoisotopic (exact) mass is 666 g/mol. The molecule has 0 unspecified atom stereocenters. The van der Waals surface area contributed by atoms with Crippen molar-refractivity contribution in [3.8, 4) is 0 Å². The molecule has 6 heteroatoms. The van der Waals surface area contributed by atoms with E-state index in [-0.39, 0.29) is 57.5 Å². The minimum Gasteiger partial charge on any atom is -0.481 e. The number of fused-ring (bicyclic) bond motifs is 7. The lowest BCUT2D eigenvalue weighted by Gasteiger charge is -2.72. The summed E-state index contributed by atoms with van der Waals surface area (Å²) in [6, 6.07) is 0. The van der Waals surface area contributed by atoms with Crippen LogP contribution < -0.4 is 0 Å². The van der Waals surface area contributed by atoms with Crippen molar-refractivity contribution in [1.29, 1.82) is 0 Å². The summed E-state index contributed by atoms with van der Waals surface area (Å²) in [5.74, 6) is 0.380. The number of carbonyl (C=O) groups is 3. The Morgan fingerprint density at radius 1 is 0.729 bits per heavy atom. The van der Waals surface area contributed by atoms with Crippen LogP contribution in [0.4, 0.5) is 0 Å². The molecule has 6 nitrogen and oxygen atoms in total. The van der Waals surface area contributed by atoms with Crippen molar-refractivity contribution >= 4 is 17.9 Å². The smallest absolute Gasteiger partial charge is 0.310 e. The number of allylic oxidation sites excluding steroid dienone is 1. The summed E-state index contributed by atoms with van der Waals surface area (Å²) in [4.78, 5) is 39.7. The Kier molecular flexibility index (Phi) is 8.30. The van der Waals surface area contributed by atoms with Gasteiger partial charge in [-0.25, -0.2) is 0 Å². The number of hydrogen-bond donors (Lipinski definition) is 1. The normalized spacial score (nSPS) is 47.2. The first-order valence-corrected chi connectivity index (χ1v) is 19.3. The number of esters is 2. The van der Waals surface area contributed by atoms with E-state index >= 15 is 0 Å². The van der Waals surface area contributed by atoms with Gasteiger partial charge in [0.15, 0.2) is 0 Å². The standard InChI is InChI=1S/C42H66O6/c1-24(2)25-15-20-42(35(45)46)22-21-40(11)26(32(25)42)13-14-30-39(10)18-17-31(38(8,9)29(39)16-19-41(30,40)12)47-33(43)27-23-28(37(27,6)7)34(44)48-36(3,4)5/h25-32H,1,13-23H2,2-12H3,(H,45,46)/t25-,26+,27+,28+,29-,30+,31+,32+,39-,40+,41+,42-/m0/s1. The van der Waals surface area contributed by atoms with Crippen molar-refractivity contribution in [2.24, 2.45) is 73.9 Å². The minimum absolute atomic E-state index is 0.0967. The number of hydrogen-bond acceptors (Lipinski definition) is 5. The van der Waals surface area contributed by atoms with Crippen LogP contribution in [0.5, 0.6) is 0 Å². The third-order valence-corrected chi connectivity index (χ3v) is 16.9. The van der Waals surface area contributed by atoms with Gasteiger partial charge in [-0.2, -0.15) is 0 Å². The van der Waals surface area contributed by atoms with Crippen molar-refractivity contribution in [1.82, 2.24) is 0 Å². The maximum Gasteiger partial charge on any atom is 0.310 e. The Morgan fingerprint density at radius 2 is 1.38 bits per heavy atom. The van der Waals surface area contributed by atoms with Gasteiger partial charge in [0.25, 0.3) is 0 Å². The molecule has 0 radical (unpaired) electrons. The Morgan fingerprint density at radius 3 is 1.96 bits per heavy atom. The van der Waals surface area contributed by atoms with Gasteiger partial charge in [0.2, 0.25) is 0 Å². The molecule has 0 saturated heterocycles. The topological polar surface area (TPSA) is 89.9 Å². The average molecular weight is 667 g/mol. The lowest BCUT2D eigenvalue weighted by molar-refractivity contribution is -0.252. The van der Waals surface area contributed by atoms with E-state index in [4.69, 9.17) is 9.47 Å². The van der Waals surface area contributed by atoms with Crippen LogP contribution in [0, 0.1) is 73.9 Å². The highest BCUT2D eigenvalue weighted by atomic mass is 16.6. The molecular formula is C42H66O6. The number of carboxylic acids is 1. The number of carbonyl (C=O) groups excluding carboxylic acids is 2. The van der Waals surface area contributed by atoms with Crippen molar-refractivity contribution in [3.63, 3.8) is 0 Å². The molecule has 0 aromatic heterocycles. The number of aliphatic carboxylic acids is 1. The quantitative estimate of drug-likeness (QED) is 0.232. The second-order valence-electron chi connectivity index (χ2n) is 20.6. The number of ether oxygens (including phenoxy) is 2. The van der Waals surface area contributed by atoms with Crippen LogP contribution in [0.1, 0.15) is 147 Å². The van der Waals surface area contributed by atoms with E-state index in [2.05, 4.69) is 48.1 Å². The molecule has 0 heterocycles. The summed E-state index contributed by atoms with van der Waals surface area (Å²) in [6.07, 6.45) is 10.3. The zero-order valence-corrected chi connectivity index (χ0v) is 32.1. The highest BCUT2D eigenvalue weighted by Gasteiger charge is 2.72. The van der Waals surface area contributed by atoms with Crippen LogP contribution in [0.3, 0.4) is 0 Å². The summed E-state index contributed by atoms with van der Waals surface area (Å²) in [5.41, 5.74) is -0.251. The predicted molar refractivity (Wildman–Crippen MR) is 188 cm³/mol. The van der Waals surface area contributed by atoms with E-state index < -0.39 is 22.4 Å². The molecule has 6 fully saturated rings. The van der Waals surface area contributed by atoms with Crippen molar-refractivity contribution in [2.75, 3.05) is 0 Å². The molecule has 48 heavy (non-hydrogen) atoms. The fraction of sp³-hybridized carbons (Fsp3) is 0.881. The maximum absolute atomic E-state index is 13.8. The first-order chi connectivity index (χ1) is 22.0. The van der Waals surface area contributed by atoms with E-state index in [9.17, 15) is 19.5 Å². The fourth-order valence-corrected chi connectivity index (χ4v) is 14.0. The first kappa shape index (κ1) is 36.0. The second-order valence-corrected chi connectivity index (χ2v) is 20.6. The molecule has 6 saturated carbocycles. The average Bonchev–Trinajstić information content (AvgIpc) is 3.35. The van der Waals surface area contributed by atoms with E-state index in [1.54, 1.807) is 0 Å². The van der Waals surface area contributed by atoms with Gasteiger partial charge in [-0.15, -0.1) is 0 Å². The molecule has 6 aliphatic carbocycles. The lowest BCUT2D eigenvalue weighted by atomic mass is 9.32. The lowest BCUT2D eigenvalue weighted by Crippen LogP contribution is -2.67. The molecule has 0 bridgehead atoms. The summed E-state index contributed by atoms with van der Waals surface area (Å²) in [7, 11) is 0. The van der Waals surface area contributed by atoms with Crippen LogP contribution in [-0.2, 0) is 23.9 Å². The molecule has 0 spiro atoms. The van der Waals surface area contributed by atoms with Crippen molar-refractivity contribution in [3.05, 3.63) is 12.2 Å². The molecule has 0 aromatic rings. The fourth-order valence-electron chi connectivity index (χ4n) is 14.0. The van der Waals surface area contributed by atoms with Gasteiger partial charge in [-0.05, 0) is 150 Å². The van der Waals surface area contributed by atoms with Crippen molar-refractivity contribution < 1.29 is 29.0 Å². The van der Waals surface area contributed by atoms with Gasteiger partial charge >= 0.3 is 17.9 Å². The molecule has 0 aromatic carbocycles. The Bertz CT molecular complexity index is 1370. The summed E-state index contributed by atoms with van der Waals surface area (Å²) in [5, 5.41) is 10.7. The Balaban J connectivity index is 1.20. The molecule has 6 rings (SSSR count). The third-order valence-electron chi connectivity index (χ3n) is 16.9. The van der Waals surface area contributed by atoms with Gasteiger partial charge < -0.3 is 14.6 Å². The van der Waals surface area contributed by atoms with Gasteiger partial charge in [0.1, 0.15) is 11.7 Å². The minimum atomic E-state index is -0.593. The highest BCUT2D eigenvalue weighted by molar-refractivity contribution is 5.82.